The van der Waals surface area contributed by atoms with E-state index in [9.17, 15) is 26.3 Å². The van der Waals surface area contributed by atoms with Crippen molar-refractivity contribution >= 4 is 0 Å². The lowest BCUT2D eigenvalue weighted by molar-refractivity contribution is -0.223. The standard InChI is InChI=1S/C7H8F6/c1-3-6(10,11)4-7(12,13)5(2,8)9/h3H,1,4H2,2H3. The highest BCUT2D eigenvalue weighted by atomic mass is 19.3. The molecule has 0 spiro atoms. The summed E-state index contributed by atoms with van der Waals surface area (Å²) in [6.45, 7) is 2.47. The van der Waals surface area contributed by atoms with Crippen molar-refractivity contribution in [2.75, 3.05) is 0 Å². The lowest BCUT2D eigenvalue weighted by Gasteiger charge is -2.25. The molecule has 0 unspecified atom stereocenters. The van der Waals surface area contributed by atoms with Gasteiger partial charge in [0.2, 0.25) is 0 Å². The van der Waals surface area contributed by atoms with E-state index in [1.54, 1.807) is 0 Å². The van der Waals surface area contributed by atoms with Crippen molar-refractivity contribution in [2.45, 2.75) is 31.1 Å². The summed E-state index contributed by atoms with van der Waals surface area (Å²) in [5, 5.41) is 0. The molecule has 0 aliphatic heterocycles. The molecule has 0 radical (unpaired) electrons. The van der Waals surface area contributed by atoms with Gasteiger partial charge in [-0.25, -0.2) is 17.6 Å². The summed E-state index contributed by atoms with van der Waals surface area (Å²) in [5.41, 5.74) is 0. The van der Waals surface area contributed by atoms with Crippen molar-refractivity contribution in [3.8, 4) is 0 Å². The maximum atomic E-state index is 12.3. The average molecular weight is 206 g/mol. The zero-order valence-electron chi connectivity index (χ0n) is 6.76. The fourth-order valence-electron chi connectivity index (χ4n) is 0.523. The molecular formula is C7H8F6. The molecule has 78 valence electrons. The van der Waals surface area contributed by atoms with E-state index in [2.05, 4.69) is 6.58 Å². The first-order valence-electron chi connectivity index (χ1n) is 3.29. The highest BCUT2D eigenvalue weighted by Crippen LogP contribution is 2.41. The Labute approximate surface area is 71.2 Å². The van der Waals surface area contributed by atoms with Gasteiger partial charge in [0, 0.05) is 6.92 Å². The molecule has 0 saturated carbocycles. The normalized spacial score (nSPS) is 14.4. The van der Waals surface area contributed by atoms with Crippen molar-refractivity contribution in [1.29, 1.82) is 0 Å². The van der Waals surface area contributed by atoms with Gasteiger partial charge in [-0.1, -0.05) is 6.58 Å². The molecule has 0 rings (SSSR count). The quantitative estimate of drug-likeness (QED) is 0.488. The molecule has 0 atom stereocenters. The Bertz CT molecular complexity index is 190. The zero-order valence-corrected chi connectivity index (χ0v) is 6.76. The first kappa shape index (κ1) is 12.3. The Hall–Kier alpha value is -0.680. The predicted molar refractivity (Wildman–Crippen MR) is 35.3 cm³/mol. The number of alkyl halides is 6. The summed E-state index contributed by atoms with van der Waals surface area (Å²) in [7, 11) is 0. The number of hydrogen-bond donors (Lipinski definition) is 0. The molecule has 0 fully saturated rings. The maximum Gasteiger partial charge on any atom is 0.316 e. The Balaban J connectivity index is 4.61. The van der Waals surface area contributed by atoms with Gasteiger partial charge in [0.15, 0.2) is 0 Å². The fourth-order valence-corrected chi connectivity index (χ4v) is 0.523. The Morgan fingerprint density at radius 1 is 1.08 bits per heavy atom. The van der Waals surface area contributed by atoms with Crippen molar-refractivity contribution < 1.29 is 26.3 Å². The molecule has 0 aromatic rings. The minimum atomic E-state index is -4.73. The van der Waals surface area contributed by atoms with Crippen LogP contribution in [0.25, 0.3) is 0 Å². The van der Waals surface area contributed by atoms with E-state index in [1.807, 2.05) is 0 Å². The monoisotopic (exact) mass is 206 g/mol. The minimum absolute atomic E-state index is 0.0767. The number of rotatable bonds is 4. The van der Waals surface area contributed by atoms with Crippen molar-refractivity contribution in [2.24, 2.45) is 0 Å². The second kappa shape index (κ2) is 3.23. The van der Waals surface area contributed by atoms with Crippen LogP contribution in [0.15, 0.2) is 12.7 Å². The molecule has 0 aromatic carbocycles. The highest BCUT2D eigenvalue weighted by Gasteiger charge is 2.56. The van der Waals surface area contributed by atoms with Crippen LogP contribution in [0.3, 0.4) is 0 Å². The molecule has 6 heteroatoms. The van der Waals surface area contributed by atoms with E-state index in [-0.39, 0.29) is 13.0 Å². The lowest BCUT2D eigenvalue weighted by atomic mass is 10.1. The van der Waals surface area contributed by atoms with Gasteiger partial charge in [0.1, 0.15) is 0 Å². The summed E-state index contributed by atoms with van der Waals surface area (Å²) < 4.78 is 73.3. The smallest absolute Gasteiger partial charge is 0.202 e. The lowest BCUT2D eigenvalue weighted by Crippen LogP contribution is -2.42. The molecule has 0 heterocycles. The molecule has 0 aromatic heterocycles. The first-order valence-corrected chi connectivity index (χ1v) is 3.29. The molecule has 0 N–H and O–H groups in total. The fraction of sp³-hybridized carbons (Fsp3) is 0.714. The van der Waals surface area contributed by atoms with Gasteiger partial charge in [-0.05, 0) is 6.08 Å². The van der Waals surface area contributed by atoms with Crippen LogP contribution >= 0.6 is 0 Å². The van der Waals surface area contributed by atoms with E-state index in [4.69, 9.17) is 0 Å². The van der Waals surface area contributed by atoms with E-state index in [1.165, 1.54) is 0 Å². The predicted octanol–water partition coefficient (Wildman–Crippen LogP) is 3.49. The molecule has 0 aliphatic rings. The number of hydrogen-bond acceptors (Lipinski definition) is 0. The average Bonchev–Trinajstić information content (AvgIpc) is 1.83. The van der Waals surface area contributed by atoms with Crippen LogP contribution in [0, 0.1) is 0 Å². The van der Waals surface area contributed by atoms with Crippen LogP contribution in [0.1, 0.15) is 13.3 Å². The molecule has 0 amide bonds. The van der Waals surface area contributed by atoms with Gasteiger partial charge in [0.25, 0.3) is 5.92 Å². The van der Waals surface area contributed by atoms with Gasteiger partial charge >= 0.3 is 11.8 Å². The van der Waals surface area contributed by atoms with Crippen molar-refractivity contribution in [3.63, 3.8) is 0 Å². The van der Waals surface area contributed by atoms with E-state index >= 15 is 0 Å². The van der Waals surface area contributed by atoms with Crippen LogP contribution in [-0.4, -0.2) is 17.8 Å². The van der Waals surface area contributed by atoms with Gasteiger partial charge in [0.05, 0.1) is 6.42 Å². The zero-order chi connectivity index (χ0) is 10.9. The van der Waals surface area contributed by atoms with E-state index in [0.29, 0.717) is 0 Å². The third-order valence-corrected chi connectivity index (χ3v) is 1.40. The van der Waals surface area contributed by atoms with Crippen LogP contribution in [0.4, 0.5) is 26.3 Å². The molecule has 0 nitrogen and oxygen atoms in total. The Morgan fingerprint density at radius 2 is 1.46 bits per heavy atom. The summed E-state index contributed by atoms with van der Waals surface area (Å²) in [6.07, 6.45) is -2.31. The number of halogens is 6. The van der Waals surface area contributed by atoms with Crippen molar-refractivity contribution in [1.82, 2.24) is 0 Å². The van der Waals surface area contributed by atoms with Gasteiger partial charge in [-0.3, -0.25) is 0 Å². The highest BCUT2D eigenvalue weighted by molar-refractivity contribution is 4.94. The second-order valence-electron chi connectivity index (χ2n) is 2.73. The summed E-state index contributed by atoms with van der Waals surface area (Å²) in [6, 6.07) is 0. The topological polar surface area (TPSA) is 0 Å². The third-order valence-electron chi connectivity index (χ3n) is 1.40. The largest absolute Gasteiger partial charge is 0.316 e. The first-order chi connectivity index (χ1) is 5.52. The second-order valence-corrected chi connectivity index (χ2v) is 2.73. The third kappa shape index (κ3) is 3.28. The Morgan fingerprint density at radius 3 is 1.69 bits per heavy atom. The van der Waals surface area contributed by atoms with E-state index < -0.39 is 24.2 Å². The SMILES string of the molecule is C=CC(F)(F)CC(F)(F)C(C)(F)F. The van der Waals surface area contributed by atoms with Crippen molar-refractivity contribution in [3.05, 3.63) is 12.7 Å². The minimum Gasteiger partial charge on any atom is -0.202 e. The van der Waals surface area contributed by atoms with Crippen LogP contribution in [0.2, 0.25) is 0 Å². The van der Waals surface area contributed by atoms with E-state index in [0.717, 1.165) is 0 Å². The summed E-state index contributed by atoms with van der Waals surface area (Å²) >= 11 is 0. The summed E-state index contributed by atoms with van der Waals surface area (Å²) in [5.74, 6) is -13.2. The maximum absolute atomic E-state index is 12.3. The van der Waals surface area contributed by atoms with Crippen LogP contribution in [0.5, 0.6) is 0 Å². The van der Waals surface area contributed by atoms with Gasteiger partial charge < -0.3 is 0 Å². The molecule has 0 saturated heterocycles. The van der Waals surface area contributed by atoms with Gasteiger partial charge in [-0.2, -0.15) is 8.78 Å². The molecule has 0 aliphatic carbocycles. The van der Waals surface area contributed by atoms with Gasteiger partial charge in [-0.15, -0.1) is 0 Å². The Kier molecular flexibility index (Phi) is 3.06. The molecule has 13 heavy (non-hydrogen) atoms. The summed E-state index contributed by atoms with van der Waals surface area (Å²) in [4.78, 5) is 0. The van der Waals surface area contributed by atoms with Crippen LogP contribution < -0.4 is 0 Å². The van der Waals surface area contributed by atoms with Crippen LogP contribution in [-0.2, 0) is 0 Å². The molecule has 0 bridgehead atoms. The molecular weight excluding hydrogens is 198 g/mol. The number of allylic oxidation sites excluding steroid dienone is 1.